The average molecular weight is 274 g/mol. The Morgan fingerprint density at radius 2 is 2.10 bits per heavy atom. The van der Waals surface area contributed by atoms with E-state index in [1.165, 1.54) is 0 Å². The van der Waals surface area contributed by atoms with E-state index >= 15 is 0 Å². The smallest absolute Gasteiger partial charge is 0.260 e. The van der Waals surface area contributed by atoms with Crippen LogP contribution in [0.2, 0.25) is 0 Å². The van der Waals surface area contributed by atoms with Crippen LogP contribution in [0.1, 0.15) is 11.1 Å². The van der Waals surface area contributed by atoms with Crippen LogP contribution in [0.4, 0.5) is 0 Å². The van der Waals surface area contributed by atoms with E-state index in [-0.39, 0.29) is 12.5 Å². The minimum absolute atomic E-state index is 0.0102. The number of amides is 1. The van der Waals surface area contributed by atoms with Crippen molar-refractivity contribution in [1.82, 2.24) is 15.1 Å². The second kappa shape index (κ2) is 6.72. The second-order valence-corrected chi connectivity index (χ2v) is 4.49. The number of hydrogen-bond donors (Lipinski definition) is 2. The summed E-state index contributed by atoms with van der Waals surface area (Å²) in [7, 11) is 1.73. The number of likely N-dealkylation sites (N-methyl/N-ethyl adjacent to an activating group) is 1. The minimum Gasteiger partial charge on any atom is -0.484 e. The van der Waals surface area contributed by atoms with Gasteiger partial charge in [0.25, 0.3) is 5.91 Å². The van der Waals surface area contributed by atoms with Crippen molar-refractivity contribution in [1.29, 1.82) is 0 Å². The standard InChI is InChI=1S/C14H18N4O2/c1-18(9-12-7-16-17-8-12)14(19)10-20-13-4-2-11(6-15)3-5-13/h2-5,7-8H,6,9-10,15H2,1H3,(H,16,17). The number of nitrogens with one attached hydrogen (secondary N) is 1. The number of hydrogen-bond acceptors (Lipinski definition) is 4. The lowest BCUT2D eigenvalue weighted by atomic mass is 10.2. The molecule has 0 aliphatic carbocycles. The van der Waals surface area contributed by atoms with E-state index in [9.17, 15) is 4.79 Å². The third-order valence-corrected chi connectivity index (χ3v) is 2.92. The summed E-state index contributed by atoms with van der Waals surface area (Å²) in [5, 5.41) is 6.55. The molecule has 2 aromatic rings. The normalized spacial score (nSPS) is 10.3. The zero-order valence-electron chi connectivity index (χ0n) is 11.4. The van der Waals surface area contributed by atoms with Crippen LogP contribution in [-0.2, 0) is 17.9 Å². The predicted molar refractivity (Wildman–Crippen MR) is 74.9 cm³/mol. The maximum atomic E-state index is 11.9. The van der Waals surface area contributed by atoms with Crippen molar-refractivity contribution in [2.45, 2.75) is 13.1 Å². The van der Waals surface area contributed by atoms with Crippen LogP contribution in [0.25, 0.3) is 0 Å². The Morgan fingerprint density at radius 3 is 2.70 bits per heavy atom. The molecule has 0 saturated carbocycles. The van der Waals surface area contributed by atoms with E-state index in [0.29, 0.717) is 18.8 Å². The third kappa shape index (κ3) is 3.83. The number of nitrogens with two attached hydrogens (primary N) is 1. The van der Waals surface area contributed by atoms with Crippen molar-refractivity contribution in [2.24, 2.45) is 5.73 Å². The van der Waals surface area contributed by atoms with Gasteiger partial charge >= 0.3 is 0 Å². The van der Waals surface area contributed by atoms with Crippen molar-refractivity contribution in [3.8, 4) is 5.75 Å². The number of carbonyl (C=O) groups is 1. The molecule has 0 atom stereocenters. The fraction of sp³-hybridized carbons (Fsp3) is 0.286. The first-order valence-corrected chi connectivity index (χ1v) is 6.32. The number of rotatable bonds is 6. The molecule has 0 spiro atoms. The van der Waals surface area contributed by atoms with Crippen molar-refractivity contribution < 1.29 is 9.53 Å². The van der Waals surface area contributed by atoms with Gasteiger partial charge in [-0.1, -0.05) is 12.1 Å². The molecule has 0 saturated heterocycles. The summed E-state index contributed by atoms with van der Waals surface area (Å²) in [5.74, 6) is 0.571. The van der Waals surface area contributed by atoms with Crippen LogP contribution >= 0.6 is 0 Å². The Labute approximate surface area is 117 Å². The van der Waals surface area contributed by atoms with Crippen LogP contribution < -0.4 is 10.5 Å². The molecule has 1 aromatic carbocycles. The molecule has 1 aromatic heterocycles. The molecule has 3 N–H and O–H groups in total. The molecule has 0 fully saturated rings. The van der Waals surface area contributed by atoms with E-state index in [1.807, 2.05) is 24.3 Å². The SMILES string of the molecule is CN(Cc1cn[nH]c1)C(=O)COc1ccc(CN)cc1. The molecule has 6 heteroatoms. The van der Waals surface area contributed by atoms with Crippen LogP contribution in [-0.4, -0.2) is 34.7 Å². The van der Waals surface area contributed by atoms with Gasteiger partial charge in [0.15, 0.2) is 6.61 Å². The van der Waals surface area contributed by atoms with Crippen LogP contribution in [0.5, 0.6) is 5.75 Å². The molecule has 6 nitrogen and oxygen atoms in total. The largest absolute Gasteiger partial charge is 0.484 e. The molecule has 0 aliphatic heterocycles. The highest BCUT2D eigenvalue weighted by atomic mass is 16.5. The molecule has 106 valence electrons. The fourth-order valence-electron chi connectivity index (χ4n) is 1.70. The Kier molecular flexibility index (Phi) is 4.73. The van der Waals surface area contributed by atoms with E-state index in [4.69, 9.17) is 10.5 Å². The van der Waals surface area contributed by atoms with Crippen molar-refractivity contribution in [3.05, 3.63) is 47.8 Å². The number of aromatic amines is 1. The van der Waals surface area contributed by atoms with Gasteiger partial charge in [-0.05, 0) is 17.7 Å². The Balaban J connectivity index is 1.81. The Bertz CT molecular complexity index is 537. The maximum absolute atomic E-state index is 11.9. The average Bonchev–Trinajstić information content (AvgIpc) is 2.98. The number of nitrogens with zero attached hydrogens (tertiary/aromatic N) is 2. The summed E-state index contributed by atoms with van der Waals surface area (Å²) < 4.78 is 5.45. The predicted octanol–water partition coefficient (Wildman–Crippen LogP) is 0.906. The van der Waals surface area contributed by atoms with Gasteiger partial charge in [0.2, 0.25) is 0 Å². The molecule has 2 rings (SSSR count). The lowest BCUT2D eigenvalue weighted by molar-refractivity contribution is -0.132. The number of ether oxygens (including phenoxy) is 1. The molecular weight excluding hydrogens is 256 g/mol. The molecule has 0 unspecified atom stereocenters. The molecule has 0 aliphatic rings. The van der Waals surface area contributed by atoms with Gasteiger partial charge in [0.1, 0.15) is 5.75 Å². The Hall–Kier alpha value is -2.34. The second-order valence-electron chi connectivity index (χ2n) is 4.49. The van der Waals surface area contributed by atoms with Gasteiger partial charge in [0, 0.05) is 31.9 Å². The lowest BCUT2D eigenvalue weighted by Crippen LogP contribution is -2.30. The summed E-state index contributed by atoms with van der Waals surface area (Å²) in [4.78, 5) is 13.5. The monoisotopic (exact) mass is 274 g/mol. The van der Waals surface area contributed by atoms with E-state index in [0.717, 1.165) is 11.1 Å². The lowest BCUT2D eigenvalue weighted by Gasteiger charge is -2.16. The summed E-state index contributed by atoms with van der Waals surface area (Å²) in [6, 6.07) is 7.39. The van der Waals surface area contributed by atoms with Crippen LogP contribution in [0.3, 0.4) is 0 Å². The van der Waals surface area contributed by atoms with Crippen molar-refractivity contribution >= 4 is 5.91 Å². The molecule has 1 heterocycles. The van der Waals surface area contributed by atoms with Gasteiger partial charge in [-0.15, -0.1) is 0 Å². The minimum atomic E-state index is -0.0888. The fourth-order valence-corrected chi connectivity index (χ4v) is 1.70. The molecule has 20 heavy (non-hydrogen) atoms. The number of carbonyl (C=O) groups excluding carboxylic acids is 1. The highest BCUT2D eigenvalue weighted by Crippen LogP contribution is 2.12. The van der Waals surface area contributed by atoms with Crippen molar-refractivity contribution in [3.63, 3.8) is 0 Å². The van der Waals surface area contributed by atoms with Gasteiger partial charge in [0.05, 0.1) is 6.20 Å². The summed E-state index contributed by atoms with van der Waals surface area (Å²) in [6.45, 7) is 1.01. The highest BCUT2D eigenvalue weighted by molar-refractivity contribution is 5.77. The third-order valence-electron chi connectivity index (χ3n) is 2.92. The number of H-pyrrole nitrogens is 1. The zero-order chi connectivity index (χ0) is 14.4. The first-order chi connectivity index (χ1) is 9.69. The number of benzene rings is 1. The van der Waals surface area contributed by atoms with Gasteiger partial charge in [-0.25, -0.2) is 0 Å². The highest BCUT2D eigenvalue weighted by Gasteiger charge is 2.10. The molecule has 0 radical (unpaired) electrons. The summed E-state index contributed by atoms with van der Waals surface area (Å²) >= 11 is 0. The van der Waals surface area contributed by atoms with Gasteiger partial charge in [-0.2, -0.15) is 5.10 Å². The zero-order valence-corrected chi connectivity index (χ0v) is 11.4. The van der Waals surface area contributed by atoms with Crippen molar-refractivity contribution in [2.75, 3.05) is 13.7 Å². The molecule has 1 amide bonds. The van der Waals surface area contributed by atoms with Crippen LogP contribution in [0, 0.1) is 0 Å². The Morgan fingerprint density at radius 1 is 1.35 bits per heavy atom. The maximum Gasteiger partial charge on any atom is 0.260 e. The van der Waals surface area contributed by atoms with E-state index in [1.54, 1.807) is 24.3 Å². The van der Waals surface area contributed by atoms with E-state index in [2.05, 4.69) is 10.2 Å². The quantitative estimate of drug-likeness (QED) is 0.820. The number of aromatic nitrogens is 2. The topological polar surface area (TPSA) is 84.2 Å². The molecular formula is C14H18N4O2. The van der Waals surface area contributed by atoms with E-state index < -0.39 is 0 Å². The summed E-state index contributed by atoms with van der Waals surface area (Å²) in [5.41, 5.74) is 7.50. The first kappa shape index (κ1) is 14.1. The summed E-state index contributed by atoms with van der Waals surface area (Å²) in [6.07, 6.45) is 3.45. The molecule has 0 bridgehead atoms. The van der Waals surface area contributed by atoms with Gasteiger partial charge in [-0.3, -0.25) is 9.89 Å². The van der Waals surface area contributed by atoms with Gasteiger partial charge < -0.3 is 15.4 Å². The van der Waals surface area contributed by atoms with Crippen LogP contribution in [0.15, 0.2) is 36.7 Å². The first-order valence-electron chi connectivity index (χ1n) is 6.32.